The van der Waals surface area contributed by atoms with Crippen LogP contribution in [0.2, 0.25) is 15.1 Å². The minimum Gasteiger partial charge on any atom is -0.329 e. The van der Waals surface area contributed by atoms with Gasteiger partial charge in [0, 0.05) is 45.1 Å². The van der Waals surface area contributed by atoms with Crippen LogP contribution in [0.5, 0.6) is 0 Å². The molecule has 27 heavy (non-hydrogen) atoms. The van der Waals surface area contributed by atoms with Crippen LogP contribution in [0.1, 0.15) is 42.2 Å². The normalized spacial score (nSPS) is 22.5. The molecule has 2 aliphatic rings. The number of hydrogen-bond acceptors (Lipinski definition) is 2. The molecule has 2 aromatic carbocycles. The second-order valence-electron chi connectivity index (χ2n) is 6.91. The standard InChI is InChI=1S/C21H16Cl3NO2/c22-12-5-6-14(17(24)9-12)15-10-20(27)25-18-7-11(8-19(26)21(15)18)13-3-1-2-4-16(13)23/h1-6,9,11,15H,7-8,10H2,(H,25,27)/t11-,15-/m1/s1. The first-order valence-electron chi connectivity index (χ1n) is 8.69. The zero-order chi connectivity index (χ0) is 19.1. The monoisotopic (exact) mass is 419 g/mol. The SMILES string of the molecule is O=C1C[C@H](c2ccc(Cl)cc2Cl)C2=C(C[C@@H](c3ccccc3Cl)CC2=O)N1. The highest BCUT2D eigenvalue weighted by Crippen LogP contribution is 2.45. The van der Waals surface area contributed by atoms with Gasteiger partial charge in [-0.3, -0.25) is 9.59 Å². The Labute approximate surface area is 172 Å². The van der Waals surface area contributed by atoms with Crippen molar-refractivity contribution < 1.29 is 9.59 Å². The maximum atomic E-state index is 13.1. The molecule has 6 heteroatoms. The van der Waals surface area contributed by atoms with Gasteiger partial charge in [-0.05, 0) is 41.7 Å². The summed E-state index contributed by atoms with van der Waals surface area (Å²) in [5, 5.41) is 4.53. The average Bonchev–Trinajstić information content (AvgIpc) is 2.61. The Morgan fingerprint density at radius 2 is 1.63 bits per heavy atom. The van der Waals surface area contributed by atoms with Crippen molar-refractivity contribution in [1.29, 1.82) is 0 Å². The average molecular weight is 421 g/mol. The molecule has 4 rings (SSSR count). The van der Waals surface area contributed by atoms with Gasteiger partial charge in [-0.15, -0.1) is 0 Å². The predicted molar refractivity (Wildman–Crippen MR) is 107 cm³/mol. The van der Waals surface area contributed by atoms with Crippen molar-refractivity contribution in [2.24, 2.45) is 0 Å². The Morgan fingerprint density at radius 3 is 2.37 bits per heavy atom. The number of rotatable bonds is 2. The van der Waals surface area contributed by atoms with Crippen LogP contribution in [0.15, 0.2) is 53.7 Å². The summed E-state index contributed by atoms with van der Waals surface area (Å²) in [6, 6.07) is 12.7. The number of Topliss-reactive ketones (excluding diaryl/α,β-unsaturated/α-hetero) is 1. The summed E-state index contributed by atoms with van der Waals surface area (Å²) in [6.45, 7) is 0. The van der Waals surface area contributed by atoms with Crippen LogP contribution in [-0.2, 0) is 9.59 Å². The molecule has 1 N–H and O–H groups in total. The van der Waals surface area contributed by atoms with E-state index in [1.165, 1.54) is 0 Å². The molecule has 0 spiro atoms. The van der Waals surface area contributed by atoms with E-state index in [1.54, 1.807) is 18.2 Å². The Kier molecular flexibility index (Phi) is 5.02. The van der Waals surface area contributed by atoms with Gasteiger partial charge in [0.25, 0.3) is 0 Å². The summed E-state index contributed by atoms with van der Waals surface area (Å²) in [6.07, 6.45) is 1.13. The predicted octanol–water partition coefficient (Wildman–Crippen LogP) is 5.65. The molecule has 0 bridgehead atoms. The van der Waals surface area contributed by atoms with E-state index >= 15 is 0 Å². The first kappa shape index (κ1) is 18.5. The first-order chi connectivity index (χ1) is 12.9. The van der Waals surface area contributed by atoms with Gasteiger partial charge in [-0.25, -0.2) is 0 Å². The molecule has 0 saturated heterocycles. The van der Waals surface area contributed by atoms with E-state index in [9.17, 15) is 9.59 Å². The number of benzene rings is 2. The number of carbonyl (C=O) groups is 2. The number of halogens is 3. The van der Waals surface area contributed by atoms with E-state index in [0.717, 1.165) is 11.1 Å². The lowest BCUT2D eigenvalue weighted by molar-refractivity contribution is -0.122. The minimum absolute atomic E-state index is 0.0252. The molecule has 1 aliphatic heterocycles. The fourth-order valence-corrected chi connectivity index (χ4v) is 4.87. The highest BCUT2D eigenvalue weighted by Gasteiger charge is 2.39. The molecular formula is C21H16Cl3NO2. The Morgan fingerprint density at radius 1 is 0.852 bits per heavy atom. The van der Waals surface area contributed by atoms with E-state index in [4.69, 9.17) is 34.8 Å². The molecule has 0 aromatic heterocycles. The van der Waals surface area contributed by atoms with Crippen molar-refractivity contribution in [2.75, 3.05) is 0 Å². The molecule has 0 fully saturated rings. The van der Waals surface area contributed by atoms with Crippen LogP contribution in [0, 0.1) is 0 Å². The van der Waals surface area contributed by atoms with E-state index in [-0.39, 0.29) is 29.9 Å². The lowest BCUT2D eigenvalue weighted by atomic mass is 9.73. The topological polar surface area (TPSA) is 46.2 Å². The molecule has 0 saturated carbocycles. The van der Waals surface area contributed by atoms with Crippen LogP contribution >= 0.6 is 34.8 Å². The van der Waals surface area contributed by atoms with Crippen molar-refractivity contribution in [1.82, 2.24) is 5.32 Å². The van der Waals surface area contributed by atoms with Crippen molar-refractivity contribution in [2.45, 2.75) is 31.1 Å². The van der Waals surface area contributed by atoms with Gasteiger partial charge in [-0.1, -0.05) is 59.1 Å². The fraction of sp³-hybridized carbons (Fsp3) is 0.238. The zero-order valence-corrected chi connectivity index (χ0v) is 16.5. The molecule has 2 atom stereocenters. The van der Waals surface area contributed by atoms with Crippen molar-refractivity contribution in [3.8, 4) is 0 Å². The van der Waals surface area contributed by atoms with Crippen LogP contribution in [0.3, 0.4) is 0 Å². The van der Waals surface area contributed by atoms with Gasteiger partial charge in [0.1, 0.15) is 0 Å². The number of allylic oxidation sites excluding steroid dienone is 2. The molecular weight excluding hydrogens is 405 g/mol. The molecule has 2 aromatic rings. The maximum absolute atomic E-state index is 13.1. The van der Waals surface area contributed by atoms with Crippen LogP contribution in [0.25, 0.3) is 0 Å². The second kappa shape index (κ2) is 7.31. The molecule has 1 heterocycles. The van der Waals surface area contributed by atoms with Crippen LogP contribution in [0.4, 0.5) is 0 Å². The smallest absolute Gasteiger partial charge is 0.225 e. The third kappa shape index (κ3) is 3.52. The molecule has 0 unspecified atom stereocenters. The third-order valence-electron chi connectivity index (χ3n) is 5.22. The zero-order valence-electron chi connectivity index (χ0n) is 14.3. The minimum atomic E-state index is -0.349. The van der Waals surface area contributed by atoms with Gasteiger partial charge < -0.3 is 5.32 Å². The third-order valence-corrected chi connectivity index (χ3v) is 6.13. The summed E-state index contributed by atoms with van der Waals surface area (Å²) < 4.78 is 0. The fourth-order valence-electron chi connectivity index (χ4n) is 4.04. The number of amides is 1. The highest BCUT2D eigenvalue weighted by molar-refractivity contribution is 6.35. The number of hydrogen-bond donors (Lipinski definition) is 1. The van der Waals surface area contributed by atoms with E-state index < -0.39 is 0 Å². The largest absolute Gasteiger partial charge is 0.329 e. The van der Waals surface area contributed by atoms with Gasteiger partial charge in [0.05, 0.1) is 0 Å². The Hall–Kier alpha value is -1.81. The lowest BCUT2D eigenvalue weighted by Gasteiger charge is -2.35. The first-order valence-corrected chi connectivity index (χ1v) is 9.83. The summed E-state index contributed by atoms with van der Waals surface area (Å²) >= 11 is 18.7. The highest BCUT2D eigenvalue weighted by atomic mass is 35.5. The van der Waals surface area contributed by atoms with Crippen molar-refractivity contribution in [3.05, 3.63) is 79.9 Å². The van der Waals surface area contributed by atoms with Gasteiger partial charge in [-0.2, -0.15) is 0 Å². The summed E-state index contributed by atoms with van der Waals surface area (Å²) in [4.78, 5) is 25.4. The van der Waals surface area contributed by atoms with Crippen LogP contribution < -0.4 is 5.32 Å². The number of carbonyl (C=O) groups excluding carboxylic acids is 2. The molecule has 1 amide bonds. The second-order valence-corrected chi connectivity index (χ2v) is 8.16. The van der Waals surface area contributed by atoms with Gasteiger partial charge in [0.2, 0.25) is 5.91 Å². The van der Waals surface area contributed by atoms with Crippen LogP contribution in [-0.4, -0.2) is 11.7 Å². The molecule has 0 radical (unpaired) electrons. The van der Waals surface area contributed by atoms with Gasteiger partial charge >= 0.3 is 0 Å². The lowest BCUT2D eigenvalue weighted by Crippen LogP contribution is -2.38. The Balaban J connectivity index is 1.75. The van der Waals surface area contributed by atoms with Crippen molar-refractivity contribution >= 4 is 46.5 Å². The van der Waals surface area contributed by atoms with Crippen molar-refractivity contribution in [3.63, 3.8) is 0 Å². The van der Waals surface area contributed by atoms with E-state index in [0.29, 0.717) is 39.2 Å². The molecule has 3 nitrogen and oxygen atoms in total. The Bertz CT molecular complexity index is 983. The number of nitrogens with one attached hydrogen (secondary N) is 1. The van der Waals surface area contributed by atoms with E-state index in [1.807, 2.05) is 24.3 Å². The summed E-state index contributed by atoms with van der Waals surface area (Å²) in [5.74, 6) is -0.488. The summed E-state index contributed by atoms with van der Waals surface area (Å²) in [7, 11) is 0. The van der Waals surface area contributed by atoms with Gasteiger partial charge in [0.15, 0.2) is 5.78 Å². The quantitative estimate of drug-likeness (QED) is 0.682. The number of ketones is 1. The summed E-state index contributed by atoms with van der Waals surface area (Å²) in [5.41, 5.74) is 3.03. The molecule has 1 aliphatic carbocycles. The maximum Gasteiger partial charge on any atom is 0.225 e. The van der Waals surface area contributed by atoms with E-state index in [2.05, 4.69) is 5.32 Å². The molecule has 138 valence electrons.